The van der Waals surface area contributed by atoms with Crippen molar-refractivity contribution in [1.29, 1.82) is 0 Å². The Labute approximate surface area is 400 Å². The van der Waals surface area contributed by atoms with Gasteiger partial charge in [-0.15, -0.1) is 0 Å². The molecule has 0 saturated heterocycles. The van der Waals surface area contributed by atoms with Gasteiger partial charge in [0.2, 0.25) is 0 Å². The molecule has 15 nitrogen and oxygen atoms in total. The number of carbonyl (C=O) groups excluding carboxylic acids is 3. The molecule has 360 valence electrons. The van der Waals surface area contributed by atoms with Gasteiger partial charge in [0.05, 0.1) is 80.4 Å². The van der Waals surface area contributed by atoms with Crippen molar-refractivity contribution < 1.29 is 43.9 Å². The van der Waals surface area contributed by atoms with E-state index >= 15 is 0 Å². The predicted molar refractivity (Wildman–Crippen MR) is 265 cm³/mol. The van der Waals surface area contributed by atoms with Gasteiger partial charge in [-0.3, -0.25) is 14.4 Å². The summed E-state index contributed by atoms with van der Waals surface area (Å²) in [4.78, 5) is 73.0. The van der Waals surface area contributed by atoms with Crippen molar-refractivity contribution in [3.05, 3.63) is 126 Å². The van der Waals surface area contributed by atoms with Crippen molar-refractivity contribution in [2.75, 3.05) is 12.5 Å². The fourth-order valence-corrected chi connectivity index (χ4v) is 12.9. The Morgan fingerprint density at radius 3 is 1.51 bits per heavy atom. The van der Waals surface area contributed by atoms with Crippen LogP contribution in [0.3, 0.4) is 0 Å². The Morgan fingerprint density at radius 1 is 0.681 bits per heavy atom. The fraction of sp³-hybridized carbons (Fsp3) is 0.404. The fourth-order valence-electron chi connectivity index (χ4n) is 10.2. The number of hydrogen-bond donors (Lipinski definition) is 3. The van der Waals surface area contributed by atoms with Crippen LogP contribution in [0, 0.1) is 0 Å². The molecule has 10 rings (SSSR count). The number of benzene rings is 2. The molecular weight excluding hydrogens is 913 g/mol. The summed E-state index contributed by atoms with van der Waals surface area (Å²) in [6, 6.07) is 21.2. The normalized spacial score (nSPS) is 18.8. The van der Waals surface area contributed by atoms with Gasteiger partial charge in [-0.1, -0.05) is 88.5 Å². The molecule has 2 aromatic carbocycles. The highest BCUT2D eigenvalue weighted by Gasteiger charge is 2.47. The molecule has 0 spiro atoms. The number of aliphatic hydroxyl groups excluding tert-OH is 1. The second kappa shape index (κ2) is 17.7. The van der Waals surface area contributed by atoms with Gasteiger partial charge in [0.15, 0.2) is 11.2 Å². The Balaban J connectivity index is 0.000000172. The maximum atomic E-state index is 13.5. The van der Waals surface area contributed by atoms with Crippen molar-refractivity contribution >= 4 is 55.9 Å². The lowest BCUT2D eigenvalue weighted by atomic mass is 9.86. The topological polar surface area (TPSA) is 209 Å². The largest absolute Gasteiger partial charge is 0.470 e. The Hall–Kier alpha value is -6.12. The SMILES string of the molecule is CC[C@@]1(O)C(=O)OCc2c1cc1n(c2=O)Cc2c-1nc1ccccc1c2CC[Si](C)(C)CO.CC[C@@]1(O)C(=O)OCc2c1cc1n(c2=O)Cc2c-1nc1ccccc1c2CC[Si](C)(C)COC(C)=O. The number of rotatable bonds is 11. The molecule has 4 aromatic heterocycles. The maximum absolute atomic E-state index is 13.5. The molecule has 8 heterocycles. The molecule has 4 aliphatic heterocycles. The molecule has 0 bridgehead atoms. The summed E-state index contributed by atoms with van der Waals surface area (Å²) in [5.41, 5.74) is 5.72. The second-order valence-electron chi connectivity index (χ2n) is 20.3. The van der Waals surface area contributed by atoms with E-state index in [1.807, 2.05) is 36.4 Å². The molecule has 0 saturated carbocycles. The summed E-state index contributed by atoms with van der Waals surface area (Å²) in [7, 11) is -3.58. The smallest absolute Gasteiger partial charge is 0.343 e. The van der Waals surface area contributed by atoms with Crippen LogP contribution >= 0.6 is 0 Å². The molecule has 0 radical (unpaired) electrons. The zero-order valence-corrected chi connectivity index (χ0v) is 42.2. The predicted octanol–water partition coefficient (Wildman–Crippen LogP) is 6.29. The van der Waals surface area contributed by atoms with Gasteiger partial charge in [0, 0.05) is 46.2 Å². The van der Waals surface area contributed by atoms with E-state index in [0.717, 1.165) is 74.7 Å². The first-order valence-electron chi connectivity index (χ1n) is 23.7. The molecule has 6 aromatic rings. The van der Waals surface area contributed by atoms with E-state index in [-0.39, 0.29) is 49.4 Å². The monoisotopic (exact) mass is 970 g/mol. The highest BCUT2D eigenvalue weighted by Crippen LogP contribution is 2.43. The second-order valence-corrected chi connectivity index (χ2v) is 30.6. The van der Waals surface area contributed by atoms with Crippen molar-refractivity contribution in [1.82, 2.24) is 19.1 Å². The number of pyridine rings is 4. The van der Waals surface area contributed by atoms with Crippen LogP contribution in [0.4, 0.5) is 0 Å². The molecule has 17 heteroatoms. The van der Waals surface area contributed by atoms with Gasteiger partial charge in [-0.05, 0) is 61.1 Å². The van der Waals surface area contributed by atoms with Gasteiger partial charge in [0.1, 0.15) is 13.2 Å². The number of nitrogens with zero attached hydrogens (tertiary/aromatic N) is 4. The van der Waals surface area contributed by atoms with Crippen LogP contribution in [0.2, 0.25) is 38.3 Å². The van der Waals surface area contributed by atoms with Crippen LogP contribution in [0.5, 0.6) is 0 Å². The third kappa shape index (κ3) is 8.16. The number of carbonyl (C=O) groups is 3. The van der Waals surface area contributed by atoms with E-state index in [4.69, 9.17) is 24.2 Å². The first-order valence-corrected chi connectivity index (χ1v) is 30.5. The minimum absolute atomic E-state index is 0.104. The van der Waals surface area contributed by atoms with Gasteiger partial charge >= 0.3 is 17.9 Å². The first-order chi connectivity index (χ1) is 32.8. The molecule has 0 amide bonds. The van der Waals surface area contributed by atoms with E-state index < -0.39 is 39.3 Å². The number of esters is 3. The van der Waals surface area contributed by atoms with Crippen molar-refractivity contribution in [3.63, 3.8) is 0 Å². The van der Waals surface area contributed by atoms with Crippen molar-refractivity contribution in [2.45, 2.75) is 122 Å². The standard InChI is InChI=1S/C27H30N2O6Si.C25H28N2O5Si/c1-5-27(33)21-12-23-24-19(13-29(23)25(31)20(21)14-34-26(27)32)17(18-8-6-7-9-22(18)28-24)10-11-36(3,4)15-35-16(2)30;1-4-25(31)19-11-21-22-17(12-27(21)23(29)18(19)13-32-24(25)30)15(9-10-33(2,3)14-28)16-7-5-6-8-20(16)26-22/h6-9,12,33H,5,10-11,13-15H2,1-4H3;5-8,11,28,31H,4,9-10,12-14H2,1-3H3/t27-;25-/m00/s1. The number of hydrogen-bond acceptors (Lipinski definition) is 13. The van der Waals surface area contributed by atoms with Gasteiger partial charge in [-0.2, -0.15) is 0 Å². The number of aryl methyl sites for hydroxylation is 2. The zero-order valence-electron chi connectivity index (χ0n) is 40.2. The number of para-hydroxylation sites is 2. The first kappa shape index (κ1) is 47.9. The highest BCUT2D eigenvalue weighted by molar-refractivity contribution is 6.77. The lowest BCUT2D eigenvalue weighted by molar-refractivity contribution is -0.172. The molecule has 3 N–H and O–H groups in total. The molecule has 4 aliphatic rings. The van der Waals surface area contributed by atoms with E-state index in [1.165, 1.54) is 6.92 Å². The van der Waals surface area contributed by atoms with Crippen LogP contribution in [0.1, 0.15) is 78.1 Å². The number of cyclic esters (lactones) is 2. The van der Waals surface area contributed by atoms with E-state index in [1.54, 1.807) is 35.1 Å². The summed E-state index contributed by atoms with van der Waals surface area (Å²) in [5.74, 6) is -1.71. The summed E-state index contributed by atoms with van der Waals surface area (Å²) in [6.45, 7) is 14.1. The highest BCUT2D eigenvalue weighted by atomic mass is 28.3. The minimum atomic E-state index is -1.85. The third-order valence-electron chi connectivity index (χ3n) is 14.6. The van der Waals surface area contributed by atoms with E-state index in [2.05, 4.69) is 38.3 Å². The Morgan fingerprint density at radius 2 is 1.10 bits per heavy atom. The van der Waals surface area contributed by atoms with Gasteiger partial charge in [0.25, 0.3) is 11.1 Å². The quantitative estimate of drug-likeness (QED) is 0.0740. The number of aromatic nitrogens is 4. The van der Waals surface area contributed by atoms with Crippen LogP contribution in [0.15, 0.2) is 70.3 Å². The van der Waals surface area contributed by atoms with Gasteiger partial charge in [-0.25, -0.2) is 19.6 Å². The van der Waals surface area contributed by atoms with E-state index in [9.17, 15) is 39.3 Å². The number of fused-ring (bicyclic) bond motifs is 10. The third-order valence-corrected chi connectivity index (χ3v) is 19.6. The maximum Gasteiger partial charge on any atom is 0.343 e. The molecule has 0 aliphatic carbocycles. The molecule has 69 heavy (non-hydrogen) atoms. The van der Waals surface area contributed by atoms with Crippen LogP contribution in [-0.2, 0) is 78.9 Å². The average Bonchev–Trinajstić information content (AvgIpc) is 3.90. The summed E-state index contributed by atoms with van der Waals surface area (Å²) in [6.07, 6.45) is 2.49. The summed E-state index contributed by atoms with van der Waals surface area (Å²) < 4.78 is 19.0. The molecule has 2 atom stereocenters. The lowest BCUT2D eigenvalue weighted by Gasteiger charge is -2.31. The van der Waals surface area contributed by atoms with Crippen LogP contribution in [0.25, 0.3) is 44.6 Å². The molecule has 0 fully saturated rings. The van der Waals surface area contributed by atoms with Gasteiger partial charge < -0.3 is 38.7 Å². The Kier molecular flexibility index (Phi) is 12.3. The van der Waals surface area contributed by atoms with Crippen LogP contribution < -0.4 is 11.1 Å². The number of ether oxygens (including phenoxy) is 3. The minimum Gasteiger partial charge on any atom is -0.470 e. The lowest BCUT2D eigenvalue weighted by Crippen LogP contribution is -2.44. The molecular formula is C52H58N4O11Si2. The van der Waals surface area contributed by atoms with Crippen LogP contribution in [-0.4, -0.2) is 80.9 Å². The van der Waals surface area contributed by atoms with Crippen molar-refractivity contribution in [2.24, 2.45) is 0 Å². The summed E-state index contributed by atoms with van der Waals surface area (Å²) in [5, 5.41) is 34.1. The summed E-state index contributed by atoms with van der Waals surface area (Å²) >= 11 is 0. The van der Waals surface area contributed by atoms with Crippen molar-refractivity contribution in [3.8, 4) is 22.8 Å². The molecule has 0 unspecified atom stereocenters. The zero-order chi connectivity index (χ0) is 49.4. The number of aliphatic hydroxyl groups is 3. The van der Waals surface area contributed by atoms with E-state index in [0.29, 0.717) is 58.7 Å². The average molecular weight is 971 g/mol. The Bertz CT molecular complexity index is 3270.